The first-order valence-corrected chi connectivity index (χ1v) is 53.1. The monoisotopic (exact) mass is 2190 g/mol. The first-order chi connectivity index (χ1) is 74.6. The van der Waals surface area contributed by atoms with Gasteiger partial charge in [-0.25, -0.2) is 0 Å². The Morgan fingerprint density at radius 1 is 0.153 bits per heavy atom. The fourth-order valence-electron chi connectivity index (χ4n) is 11.1. The molecule has 892 valence electrons. The van der Waals surface area contributed by atoms with Crippen LogP contribution in [0.5, 0.6) is 0 Å². The van der Waals surface area contributed by atoms with Gasteiger partial charge in [-0.05, 0) is 0 Å². The Morgan fingerprint density at radius 2 is 0.240 bits per heavy atom. The highest BCUT2D eigenvalue weighted by Crippen LogP contribution is 2.05. The Bertz CT molecular complexity index is 2360. The molecule has 0 radical (unpaired) electrons. The van der Waals surface area contributed by atoms with Crippen LogP contribution in [0.1, 0.15) is 6.42 Å². The molecule has 0 aliphatic carbocycles. The largest absolute Gasteiger partial charge is 0.378 e. The summed E-state index contributed by atoms with van der Waals surface area (Å²) in [6.07, 6.45) is 2.42. The van der Waals surface area contributed by atoms with Crippen LogP contribution in [0.4, 0.5) is 0 Å². The lowest BCUT2D eigenvalue weighted by molar-refractivity contribution is -0.137. The number of ether oxygens (including phenoxy) is 45. The number of nitrogens with one attached hydrogen (secondary N) is 1. The molecule has 0 saturated heterocycles. The van der Waals surface area contributed by atoms with E-state index < -0.39 is 11.8 Å². The van der Waals surface area contributed by atoms with Gasteiger partial charge in [0.1, 0.15) is 0 Å². The van der Waals surface area contributed by atoms with Crippen molar-refractivity contribution in [3.8, 4) is 0 Å². The molecule has 0 unspecified atom stereocenters. The third-order valence-electron chi connectivity index (χ3n) is 18.7. The van der Waals surface area contributed by atoms with Crippen molar-refractivity contribution in [3.05, 3.63) is 12.2 Å². The van der Waals surface area contributed by atoms with Gasteiger partial charge in [0.15, 0.2) is 0 Å². The Kier molecular flexibility index (Phi) is 129. The van der Waals surface area contributed by atoms with E-state index in [0.717, 1.165) is 4.90 Å². The molecule has 0 spiro atoms. The predicted octanol–water partition coefficient (Wildman–Crippen LogP) is -0.877. The van der Waals surface area contributed by atoms with Crippen molar-refractivity contribution in [2.24, 2.45) is 5.73 Å². The molecule has 51 nitrogen and oxygen atoms in total. The van der Waals surface area contributed by atoms with Crippen LogP contribution in [0.15, 0.2) is 12.2 Å². The summed E-state index contributed by atoms with van der Waals surface area (Å²) in [5.74, 6) is -1.07. The van der Waals surface area contributed by atoms with Gasteiger partial charge in [0.05, 0.1) is 595 Å². The van der Waals surface area contributed by atoms with Crippen LogP contribution in [0.25, 0.3) is 0 Å². The zero-order valence-electron chi connectivity index (χ0n) is 90.2. The van der Waals surface area contributed by atoms with E-state index in [-0.39, 0.29) is 18.9 Å². The second-order valence-corrected chi connectivity index (χ2v) is 30.6. The van der Waals surface area contributed by atoms with Crippen molar-refractivity contribution in [2.75, 3.05) is 614 Å². The molecule has 1 heterocycles. The lowest BCUT2D eigenvalue weighted by atomic mass is 10.3. The highest BCUT2D eigenvalue weighted by atomic mass is 16.7. The molecule has 1 aliphatic heterocycles. The van der Waals surface area contributed by atoms with Gasteiger partial charge in [-0.3, -0.25) is 19.3 Å². The summed E-state index contributed by atoms with van der Waals surface area (Å²) < 4.78 is 248. The summed E-state index contributed by atoms with van der Waals surface area (Å²) in [5.41, 5.74) is 5.36. The maximum absolute atomic E-state index is 11.9. The molecule has 0 aromatic rings. The summed E-state index contributed by atoms with van der Waals surface area (Å²) in [6, 6.07) is 0. The number of rotatable bonds is 140. The zero-order valence-corrected chi connectivity index (χ0v) is 90.2. The van der Waals surface area contributed by atoms with Crippen LogP contribution in [0.3, 0.4) is 0 Å². The first-order valence-electron chi connectivity index (χ1n) is 53.1. The fraction of sp³-hybridized carbons (Fsp3) is 0.949. The summed E-state index contributed by atoms with van der Waals surface area (Å²) in [7, 11) is 0. The number of hydrogen-bond acceptors (Lipinski definition) is 49. The molecule has 0 fully saturated rings. The summed E-state index contributed by atoms with van der Waals surface area (Å²) in [6.45, 7) is 43.2. The van der Waals surface area contributed by atoms with Gasteiger partial charge >= 0.3 is 0 Å². The second-order valence-electron chi connectivity index (χ2n) is 30.6. The lowest BCUT2D eigenvalue weighted by Gasteiger charge is -2.13. The molecule has 0 bridgehead atoms. The third kappa shape index (κ3) is 126. The van der Waals surface area contributed by atoms with Gasteiger partial charge in [0, 0.05) is 38.2 Å². The molecular formula is C99H193N3O48. The van der Waals surface area contributed by atoms with Crippen LogP contribution < -0.4 is 11.1 Å². The molecule has 0 aromatic heterocycles. The van der Waals surface area contributed by atoms with E-state index in [1.54, 1.807) is 0 Å². The number of amides is 3. The normalized spacial score (nSPS) is 12.3. The SMILES string of the molecule is NCCOCCOCCOCCOCCOCCOCCOCCOCCOCCOCCOCCOCCOCCOCCOCCOCCOCCOCCOCCOCCOCCOCCOCCOCCOCCOCCOCCOCCOCCOCCOCCOCCOCCOCCOCCOCCOCCOCCOCCOCCOCCOCCOCCOCCOCCNC(=O)CCN1C(=O)C=CC1=O. The van der Waals surface area contributed by atoms with E-state index in [4.69, 9.17) is 219 Å². The van der Waals surface area contributed by atoms with Gasteiger partial charge in [0.25, 0.3) is 11.8 Å². The van der Waals surface area contributed by atoms with Crippen molar-refractivity contribution < 1.29 is 228 Å². The molecule has 1 aliphatic rings. The summed E-state index contributed by atoms with van der Waals surface area (Å²) >= 11 is 0. The smallest absolute Gasteiger partial charge is 0.253 e. The standard InChI is InChI=1S/C99H193N3O48/c100-4-7-106-9-11-108-13-15-110-17-19-112-21-23-114-25-27-116-29-31-118-33-35-120-37-39-122-41-43-124-45-47-126-49-51-128-53-55-130-57-59-132-61-63-134-65-67-136-69-71-138-73-75-140-77-79-142-81-83-144-85-87-146-89-91-148-93-95-150-96-94-149-92-90-147-88-86-145-84-82-143-80-78-141-76-74-139-72-70-137-68-66-135-64-62-133-60-58-131-56-54-129-52-50-127-48-46-125-44-42-123-40-38-121-36-34-119-32-30-117-28-26-115-24-22-113-20-18-111-16-14-109-12-10-107-8-5-101-97(103)3-6-102-98(104)1-2-99(102)105/h1-2H,3-96,100H2,(H,101,103). The second kappa shape index (κ2) is 134. The van der Waals surface area contributed by atoms with Gasteiger partial charge in [0.2, 0.25) is 5.91 Å². The molecule has 1 rings (SSSR count). The number of hydrogen-bond donors (Lipinski definition) is 2. The maximum Gasteiger partial charge on any atom is 0.253 e. The lowest BCUT2D eigenvalue weighted by Crippen LogP contribution is -2.35. The number of nitrogens with zero attached hydrogens (tertiary/aromatic N) is 1. The van der Waals surface area contributed by atoms with Crippen LogP contribution >= 0.6 is 0 Å². The van der Waals surface area contributed by atoms with Gasteiger partial charge in [-0.1, -0.05) is 0 Å². The Morgan fingerprint density at radius 3 is 0.333 bits per heavy atom. The fourth-order valence-corrected chi connectivity index (χ4v) is 11.1. The average Bonchev–Trinajstić information content (AvgIpc) is 1.74. The van der Waals surface area contributed by atoms with Crippen LogP contribution in [-0.4, -0.2) is 637 Å². The number of carbonyl (C=O) groups excluding carboxylic acids is 3. The van der Waals surface area contributed by atoms with E-state index in [2.05, 4.69) is 5.32 Å². The van der Waals surface area contributed by atoms with E-state index in [1.165, 1.54) is 12.2 Å². The Labute approximate surface area is 890 Å². The van der Waals surface area contributed by atoms with Gasteiger partial charge in [-0.15, -0.1) is 0 Å². The van der Waals surface area contributed by atoms with E-state index in [9.17, 15) is 14.4 Å². The highest BCUT2D eigenvalue weighted by Gasteiger charge is 2.24. The molecule has 51 heteroatoms. The molecular weight excluding hydrogens is 2000 g/mol. The molecule has 3 amide bonds. The highest BCUT2D eigenvalue weighted by molar-refractivity contribution is 6.13. The molecule has 3 N–H and O–H groups in total. The van der Waals surface area contributed by atoms with Crippen molar-refractivity contribution >= 4 is 17.7 Å². The quantitative estimate of drug-likeness (QED) is 0.0552. The van der Waals surface area contributed by atoms with E-state index in [1.807, 2.05) is 0 Å². The summed E-state index contributed by atoms with van der Waals surface area (Å²) in [5, 5.41) is 2.68. The summed E-state index contributed by atoms with van der Waals surface area (Å²) in [4.78, 5) is 35.9. The molecule has 0 saturated carbocycles. The minimum atomic E-state index is -0.405. The van der Waals surface area contributed by atoms with Crippen LogP contribution in [0.2, 0.25) is 0 Å². The average molecular weight is 2190 g/mol. The van der Waals surface area contributed by atoms with Crippen molar-refractivity contribution in [2.45, 2.75) is 6.42 Å². The Balaban J connectivity index is 1.58. The van der Waals surface area contributed by atoms with Crippen molar-refractivity contribution in [1.29, 1.82) is 0 Å². The zero-order chi connectivity index (χ0) is 107. The number of nitrogens with two attached hydrogens (primary N) is 1. The van der Waals surface area contributed by atoms with E-state index in [0.29, 0.717) is 608 Å². The minimum absolute atomic E-state index is 0.0411. The van der Waals surface area contributed by atoms with Crippen molar-refractivity contribution in [1.82, 2.24) is 10.2 Å². The topological polar surface area (TPSA) is 508 Å². The van der Waals surface area contributed by atoms with Crippen LogP contribution in [0, 0.1) is 0 Å². The van der Waals surface area contributed by atoms with Gasteiger partial charge < -0.3 is 224 Å². The molecule has 150 heavy (non-hydrogen) atoms. The van der Waals surface area contributed by atoms with E-state index >= 15 is 0 Å². The molecule has 0 atom stereocenters. The third-order valence-corrected chi connectivity index (χ3v) is 18.7. The van der Waals surface area contributed by atoms with Gasteiger partial charge in [-0.2, -0.15) is 0 Å². The number of imide groups is 1. The first kappa shape index (κ1) is 145. The molecule has 0 aromatic carbocycles. The minimum Gasteiger partial charge on any atom is -0.378 e. The van der Waals surface area contributed by atoms with Crippen LogP contribution in [-0.2, 0) is 228 Å². The number of carbonyl (C=O) groups is 3. The predicted molar refractivity (Wildman–Crippen MR) is 539 cm³/mol. The Hall–Kier alpha value is -3.49. The maximum atomic E-state index is 11.9. The van der Waals surface area contributed by atoms with Crippen molar-refractivity contribution in [3.63, 3.8) is 0 Å².